The number of hydrogen-bond donors (Lipinski definition) is 1. The summed E-state index contributed by atoms with van der Waals surface area (Å²) in [5.41, 5.74) is 1.40. The molecule has 32 heavy (non-hydrogen) atoms. The lowest BCUT2D eigenvalue weighted by Crippen LogP contribution is -2.07. The molecule has 2 aromatic heterocycles. The third-order valence-corrected chi connectivity index (χ3v) is 4.61. The Hall–Kier alpha value is -3.85. The maximum Gasteiger partial charge on any atom is 0.420 e. The van der Waals surface area contributed by atoms with Crippen molar-refractivity contribution in [1.29, 1.82) is 0 Å². The number of rotatable bonds is 4. The van der Waals surface area contributed by atoms with Crippen LogP contribution in [0.15, 0.2) is 77.6 Å². The summed E-state index contributed by atoms with van der Waals surface area (Å²) < 4.78 is 51.7. The normalized spacial score (nSPS) is 11.3. The largest absolute Gasteiger partial charge is 0.457 e. The molecule has 0 aliphatic carbocycles. The second-order valence-electron chi connectivity index (χ2n) is 6.68. The highest BCUT2D eigenvalue weighted by Gasteiger charge is 2.35. The summed E-state index contributed by atoms with van der Waals surface area (Å²) in [4.78, 5) is 11.4. The second kappa shape index (κ2) is 8.35. The van der Waals surface area contributed by atoms with Gasteiger partial charge in [-0.05, 0) is 48.5 Å². The average molecular weight is 459 g/mol. The number of nitrogens with zero attached hydrogens (tertiary/aromatic N) is 3. The lowest BCUT2D eigenvalue weighted by Gasteiger charge is -2.14. The average Bonchev–Trinajstić information content (AvgIpc) is 3.43. The number of aromatic nitrogens is 4. The van der Waals surface area contributed by atoms with Gasteiger partial charge >= 0.3 is 6.18 Å². The lowest BCUT2D eigenvalue weighted by molar-refractivity contribution is -0.138. The number of para-hydroxylation sites is 1. The summed E-state index contributed by atoms with van der Waals surface area (Å²) in [6, 6.07) is 17.2. The standard InChI is InChI=1S/C22H13F3N4O2.ClH/c23-22(24,25)16-10-14(7-9-19(16)30-15-4-2-1-3-5-15)21-28-20(29-31-21)13-6-8-17-18(11-13)27-12-26-17;/h1-12H,(H,26,27);1H. The molecule has 162 valence electrons. The molecule has 0 atom stereocenters. The van der Waals surface area contributed by atoms with Gasteiger partial charge in [-0.2, -0.15) is 18.2 Å². The number of halogens is 4. The molecule has 5 rings (SSSR count). The summed E-state index contributed by atoms with van der Waals surface area (Å²) in [7, 11) is 0. The maximum atomic E-state index is 13.7. The monoisotopic (exact) mass is 458 g/mol. The highest BCUT2D eigenvalue weighted by Crippen LogP contribution is 2.40. The van der Waals surface area contributed by atoms with Crippen LogP contribution in [0.3, 0.4) is 0 Å². The van der Waals surface area contributed by atoms with Gasteiger partial charge < -0.3 is 14.2 Å². The van der Waals surface area contributed by atoms with Gasteiger partial charge in [0.15, 0.2) is 0 Å². The Morgan fingerprint density at radius 1 is 0.906 bits per heavy atom. The number of nitrogens with one attached hydrogen (secondary N) is 1. The van der Waals surface area contributed by atoms with Crippen LogP contribution in [-0.2, 0) is 6.18 Å². The molecule has 10 heteroatoms. The van der Waals surface area contributed by atoms with E-state index in [-0.39, 0.29) is 35.4 Å². The number of ether oxygens (including phenoxy) is 1. The van der Waals surface area contributed by atoms with E-state index < -0.39 is 11.7 Å². The van der Waals surface area contributed by atoms with Crippen molar-refractivity contribution in [3.05, 3.63) is 78.6 Å². The van der Waals surface area contributed by atoms with Crippen molar-refractivity contribution in [3.8, 4) is 34.3 Å². The second-order valence-corrected chi connectivity index (χ2v) is 6.68. The first-order valence-electron chi connectivity index (χ1n) is 9.19. The number of alkyl halides is 3. The zero-order chi connectivity index (χ0) is 21.4. The minimum Gasteiger partial charge on any atom is -0.457 e. The van der Waals surface area contributed by atoms with Crippen molar-refractivity contribution in [2.45, 2.75) is 6.18 Å². The van der Waals surface area contributed by atoms with Gasteiger partial charge in [-0.3, -0.25) is 0 Å². The number of imidazole rings is 1. The van der Waals surface area contributed by atoms with Gasteiger partial charge in [-0.25, -0.2) is 4.98 Å². The molecule has 0 aliphatic rings. The first kappa shape index (κ1) is 21.4. The third kappa shape index (κ3) is 4.15. The topological polar surface area (TPSA) is 76.8 Å². The molecule has 0 unspecified atom stereocenters. The van der Waals surface area contributed by atoms with Crippen LogP contribution in [-0.4, -0.2) is 20.1 Å². The van der Waals surface area contributed by atoms with Crippen LogP contribution in [0.2, 0.25) is 0 Å². The number of benzene rings is 3. The van der Waals surface area contributed by atoms with E-state index >= 15 is 0 Å². The molecular weight excluding hydrogens is 445 g/mol. The molecule has 1 N–H and O–H groups in total. The molecule has 0 amide bonds. The van der Waals surface area contributed by atoms with Gasteiger partial charge in [0.1, 0.15) is 11.5 Å². The van der Waals surface area contributed by atoms with E-state index in [9.17, 15) is 13.2 Å². The Labute approximate surface area is 185 Å². The predicted molar refractivity (Wildman–Crippen MR) is 114 cm³/mol. The van der Waals surface area contributed by atoms with Crippen LogP contribution in [0.1, 0.15) is 5.56 Å². The van der Waals surface area contributed by atoms with Crippen LogP contribution in [0.4, 0.5) is 13.2 Å². The van der Waals surface area contributed by atoms with Crippen molar-refractivity contribution in [2.24, 2.45) is 0 Å². The van der Waals surface area contributed by atoms with E-state index in [0.29, 0.717) is 11.3 Å². The van der Waals surface area contributed by atoms with E-state index in [1.165, 1.54) is 12.1 Å². The number of fused-ring (bicyclic) bond motifs is 1. The molecule has 0 spiro atoms. The summed E-state index contributed by atoms with van der Waals surface area (Å²) in [5, 5.41) is 3.90. The van der Waals surface area contributed by atoms with Crippen LogP contribution in [0, 0.1) is 0 Å². The Morgan fingerprint density at radius 2 is 1.69 bits per heavy atom. The van der Waals surface area contributed by atoms with Gasteiger partial charge in [0.05, 0.1) is 22.9 Å². The Balaban J connectivity index is 0.00000245. The minimum atomic E-state index is -4.63. The summed E-state index contributed by atoms with van der Waals surface area (Å²) >= 11 is 0. The van der Waals surface area contributed by atoms with E-state index in [0.717, 1.165) is 17.1 Å². The molecule has 3 aromatic carbocycles. The van der Waals surface area contributed by atoms with E-state index in [4.69, 9.17) is 9.26 Å². The molecule has 0 bridgehead atoms. The van der Waals surface area contributed by atoms with Crippen molar-refractivity contribution in [1.82, 2.24) is 20.1 Å². The van der Waals surface area contributed by atoms with Crippen LogP contribution >= 0.6 is 12.4 Å². The molecule has 0 aliphatic heterocycles. The van der Waals surface area contributed by atoms with Gasteiger partial charge in [0, 0.05) is 11.1 Å². The van der Waals surface area contributed by atoms with Gasteiger partial charge in [-0.1, -0.05) is 23.4 Å². The van der Waals surface area contributed by atoms with Gasteiger partial charge in [-0.15, -0.1) is 12.4 Å². The maximum absolute atomic E-state index is 13.7. The summed E-state index contributed by atoms with van der Waals surface area (Å²) in [6.45, 7) is 0. The highest BCUT2D eigenvalue weighted by molar-refractivity contribution is 5.85. The van der Waals surface area contributed by atoms with Crippen molar-refractivity contribution >= 4 is 23.4 Å². The fourth-order valence-corrected chi connectivity index (χ4v) is 3.12. The Kier molecular flexibility index (Phi) is 5.58. The van der Waals surface area contributed by atoms with Crippen molar-refractivity contribution < 1.29 is 22.4 Å². The molecule has 0 saturated heterocycles. The quantitative estimate of drug-likeness (QED) is 0.332. The Morgan fingerprint density at radius 3 is 2.47 bits per heavy atom. The number of aromatic amines is 1. The molecule has 0 radical (unpaired) electrons. The fourth-order valence-electron chi connectivity index (χ4n) is 3.12. The minimum absolute atomic E-state index is 0. The van der Waals surface area contributed by atoms with Gasteiger partial charge in [0.25, 0.3) is 5.89 Å². The first-order chi connectivity index (χ1) is 15.0. The lowest BCUT2D eigenvalue weighted by atomic mass is 10.1. The predicted octanol–water partition coefficient (Wildman–Crippen LogP) is 6.51. The summed E-state index contributed by atoms with van der Waals surface area (Å²) in [5.74, 6) is 0.211. The zero-order valence-electron chi connectivity index (χ0n) is 16.1. The van der Waals surface area contributed by atoms with Crippen molar-refractivity contribution in [2.75, 3.05) is 0 Å². The fraction of sp³-hybridized carbons (Fsp3) is 0.0455. The molecule has 0 fully saturated rings. The van der Waals surface area contributed by atoms with Crippen LogP contribution < -0.4 is 4.74 Å². The van der Waals surface area contributed by atoms with Crippen molar-refractivity contribution in [3.63, 3.8) is 0 Å². The molecule has 5 aromatic rings. The SMILES string of the molecule is Cl.FC(F)(F)c1cc(-c2nc(-c3ccc4nc[nH]c4c3)no2)ccc1Oc1ccccc1. The number of hydrogen-bond acceptors (Lipinski definition) is 5. The van der Waals surface area contributed by atoms with Crippen LogP contribution in [0.25, 0.3) is 33.9 Å². The smallest absolute Gasteiger partial charge is 0.420 e. The Bertz CT molecular complexity index is 1370. The van der Waals surface area contributed by atoms with Crippen LogP contribution in [0.5, 0.6) is 11.5 Å². The first-order valence-corrected chi connectivity index (χ1v) is 9.19. The molecule has 0 saturated carbocycles. The third-order valence-electron chi connectivity index (χ3n) is 4.61. The summed E-state index contributed by atoms with van der Waals surface area (Å²) in [6.07, 6.45) is -3.07. The zero-order valence-corrected chi connectivity index (χ0v) is 16.9. The molecular formula is C22H14ClF3N4O2. The van der Waals surface area contributed by atoms with E-state index in [1.807, 2.05) is 0 Å². The highest BCUT2D eigenvalue weighted by atomic mass is 35.5. The molecule has 6 nitrogen and oxygen atoms in total. The van der Waals surface area contributed by atoms with E-state index in [2.05, 4.69) is 20.1 Å². The molecule has 2 heterocycles. The van der Waals surface area contributed by atoms with Gasteiger partial charge in [0.2, 0.25) is 5.82 Å². The van der Waals surface area contributed by atoms with E-state index in [1.54, 1.807) is 54.9 Å². The number of H-pyrrole nitrogens is 1.